The number of hydrogen-bond acceptors (Lipinski definition) is 3. The summed E-state index contributed by atoms with van der Waals surface area (Å²) in [5.74, 6) is -0.562. The van der Waals surface area contributed by atoms with E-state index in [0.29, 0.717) is 11.1 Å². The van der Waals surface area contributed by atoms with Crippen LogP contribution in [0.25, 0.3) is 16.6 Å². The Labute approximate surface area is 156 Å². The van der Waals surface area contributed by atoms with Crippen molar-refractivity contribution in [3.8, 4) is 17.2 Å². The first-order valence-corrected chi connectivity index (χ1v) is 9.27. The van der Waals surface area contributed by atoms with Gasteiger partial charge in [0.2, 0.25) is 0 Å². The number of fused-ring (bicyclic) bond motifs is 1. The number of aromatic hydroxyl groups is 2. The lowest BCUT2D eigenvalue weighted by Gasteiger charge is -2.34. The Morgan fingerprint density at radius 2 is 1.78 bits per heavy atom. The van der Waals surface area contributed by atoms with Crippen LogP contribution in [-0.2, 0) is 5.41 Å². The van der Waals surface area contributed by atoms with Crippen LogP contribution in [0.3, 0.4) is 0 Å². The Kier molecular flexibility index (Phi) is 4.17. The lowest BCUT2D eigenvalue weighted by atomic mass is 9.70. The molecule has 0 aliphatic heterocycles. The fourth-order valence-electron chi connectivity index (χ4n) is 4.32. The number of hydrogen-bond donors (Lipinski definition) is 2. The number of nitrogens with zero attached hydrogens (tertiary/aromatic N) is 1. The number of phenols is 2. The maximum absolute atomic E-state index is 15.1. The fourth-order valence-corrected chi connectivity index (χ4v) is 4.32. The quantitative estimate of drug-likeness (QED) is 0.686. The van der Waals surface area contributed by atoms with Crippen LogP contribution in [0.2, 0.25) is 0 Å². The molecule has 2 aromatic carbocycles. The van der Waals surface area contributed by atoms with Crippen molar-refractivity contribution >= 4 is 10.9 Å². The van der Waals surface area contributed by atoms with E-state index in [0.717, 1.165) is 25.7 Å². The van der Waals surface area contributed by atoms with Gasteiger partial charge in [0.1, 0.15) is 17.3 Å². The molecule has 4 rings (SSSR count). The molecule has 0 saturated heterocycles. The Morgan fingerprint density at radius 3 is 2.52 bits per heavy atom. The van der Waals surface area contributed by atoms with Crippen molar-refractivity contribution in [2.24, 2.45) is 0 Å². The van der Waals surface area contributed by atoms with Gasteiger partial charge in [-0.1, -0.05) is 32.3 Å². The average Bonchev–Trinajstić information content (AvgIpc) is 2.64. The highest BCUT2D eigenvalue weighted by Gasteiger charge is 2.32. The van der Waals surface area contributed by atoms with E-state index in [9.17, 15) is 15.0 Å². The second-order valence-corrected chi connectivity index (χ2v) is 7.66. The van der Waals surface area contributed by atoms with Gasteiger partial charge in [-0.2, -0.15) is 0 Å². The lowest BCUT2D eigenvalue weighted by molar-refractivity contribution is 0.307. The number of phenolic OH excluding ortho intramolecular Hbond substituents is 2. The van der Waals surface area contributed by atoms with Crippen LogP contribution in [0.4, 0.5) is 4.39 Å². The van der Waals surface area contributed by atoms with Crippen molar-refractivity contribution in [1.29, 1.82) is 0 Å². The summed E-state index contributed by atoms with van der Waals surface area (Å²) >= 11 is 0. The van der Waals surface area contributed by atoms with E-state index >= 15 is 4.39 Å². The van der Waals surface area contributed by atoms with Gasteiger partial charge in [-0.3, -0.25) is 4.79 Å². The molecular formula is C22H22FNO3. The average molecular weight is 367 g/mol. The van der Waals surface area contributed by atoms with Gasteiger partial charge in [0.25, 0.3) is 0 Å². The predicted molar refractivity (Wildman–Crippen MR) is 103 cm³/mol. The third-order valence-electron chi connectivity index (χ3n) is 5.83. The van der Waals surface area contributed by atoms with Gasteiger partial charge in [0.05, 0.1) is 16.6 Å². The molecule has 1 aromatic heterocycles. The second kappa shape index (κ2) is 6.41. The molecule has 0 amide bonds. The first-order chi connectivity index (χ1) is 12.9. The van der Waals surface area contributed by atoms with Crippen LogP contribution in [0.5, 0.6) is 11.5 Å². The SMILES string of the molecule is CC1(c2cc(F)c(-n3ccc(=O)c4c(O)cccc43)cc2O)CCCCC1. The summed E-state index contributed by atoms with van der Waals surface area (Å²) in [6.07, 6.45) is 6.63. The topological polar surface area (TPSA) is 62.5 Å². The monoisotopic (exact) mass is 367 g/mol. The van der Waals surface area contributed by atoms with E-state index in [-0.39, 0.29) is 33.4 Å². The van der Waals surface area contributed by atoms with Crippen molar-refractivity contribution in [3.05, 3.63) is 64.2 Å². The van der Waals surface area contributed by atoms with Crippen LogP contribution >= 0.6 is 0 Å². The van der Waals surface area contributed by atoms with Crippen LogP contribution in [-0.4, -0.2) is 14.8 Å². The molecule has 27 heavy (non-hydrogen) atoms. The van der Waals surface area contributed by atoms with Crippen molar-refractivity contribution < 1.29 is 14.6 Å². The minimum absolute atomic E-state index is 0.0582. The third kappa shape index (κ3) is 2.87. The summed E-state index contributed by atoms with van der Waals surface area (Å²) in [4.78, 5) is 12.1. The molecule has 5 heteroatoms. The maximum atomic E-state index is 15.1. The van der Waals surface area contributed by atoms with E-state index in [1.807, 2.05) is 0 Å². The van der Waals surface area contributed by atoms with Crippen molar-refractivity contribution in [2.75, 3.05) is 0 Å². The number of halogens is 1. The van der Waals surface area contributed by atoms with Gasteiger partial charge < -0.3 is 14.8 Å². The van der Waals surface area contributed by atoms with Crippen molar-refractivity contribution in [3.63, 3.8) is 0 Å². The van der Waals surface area contributed by atoms with Gasteiger partial charge >= 0.3 is 0 Å². The fraction of sp³-hybridized carbons (Fsp3) is 0.318. The van der Waals surface area contributed by atoms with Gasteiger partial charge in [-0.25, -0.2) is 4.39 Å². The standard InChI is InChI=1S/C22H22FNO3/c1-22(9-3-2-4-10-22)14-12-15(23)17(13-20(14)27)24-11-8-19(26)21-16(24)6-5-7-18(21)25/h5-8,11-13,25,27H,2-4,9-10H2,1H3. The summed E-state index contributed by atoms with van der Waals surface area (Å²) in [6, 6.07) is 8.79. The minimum Gasteiger partial charge on any atom is -0.508 e. The zero-order chi connectivity index (χ0) is 19.2. The second-order valence-electron chi connectivity index (χ2n) is 7.66. The highest BCUT2D eigenvalue weighted by atomic mass is 19.1. The van der Waals surface area contributed by atoms with Crippen molar-refractivity contribution in [1.82, 2.24) is 4.57 Å². The first kappa shape index (κ1) is 17.6. The number of rotatable bonds is 2. The molecule has 1 saturated carbocycles. The van der Waals surface area contributed by atoms with E-state index in [1.54, 1.807) is 12.1 Å². The van der Waals surface area contributed by atoms with Gasteiger partial charge in [0.15, 0.2) is 5.43 Å². The molecule has 1 aliphatic rings. The first-order valence-electron chi connectivity index (χ1n) is 9.27. The molecule has 140 valence electrons. The summed E-state index contributed by atoms with van der Waals surface area (Å²) in [6.45, 7) is 2.08. The molecule has 0 bridgehead atoms. The maximum Gasteiger partial charge on any atom is 0.193 e. The van der Waals surface area contributed by atoms with E-state index < -0.39 is 5.82 Å². The Bertz CT molecular complexity index is 1080. The Hall–Kier alpha value is -2.82. The number of pyridine rings is 1. The smallest absolute Gasteiger partial charge is 0.193 e. The van der Waals surface area contributed by atoms with E-state index in [4.69, 9.17) is 0 Å². The molecule has 1 aliphatic carbocycles. The predicted octanol–water partition coefficient (Wildman–Crippen LogP) is 4.76. The largest absolute Gasteiger partial charge is 0.508 e. The molecule has 0 unspecified atom stereocenters. The summed E-state index contributed by atoms with van der Waals surface area (Å²) in [5, 5.41) is 20.9. The molecule has 2 N–H and O–H groups in total. The highest BCUT2D eigenvalue weighted by molar-refractivity contribution is 5.86. The molecule has 0 spiro atoms. The van der Waals surface area contributed by atoms with Gasteiger partial charge in [-0.05, 0) is 36.5 Å². The minimum atomic E-state index is -0.470. The molecular weight excluding hydrogens is 345 g/mol. The Balaban J connectivity index is 1.91. The number of aromatic nitrogens is 1. The lowest BCUT2D eigenvalue weighted by Crippen LogP contribution is -2.25. The van der Waals surface area contributed by atoms with Crippen LogP contribution in [0, 0.1) is 5.82 Å². The van der Waals surface area contributed by atoms with E-state index in [1.165, 1.54) is 41.5 Å². The van der Waals surface area contributed by atoms with Gasteiger partial charge in [-0.15, -0.1) is 0 Å². The summed E-state index contributed by atoms with van der Waals surface area (Å²) in [5.41, 5.74) is 0.599. The third-order valence-corrected chi connectivity index (χ3v) is 5.83. The normalized spacial score (nSPS) is 16.5. The Morgan fingerprint density at radius 1 is 1.04 bits per heavy atom. The zero-order valence-electron chi connectivity index (χ0n) is 15.2. The summed E-state index contributed by atoms with van der Waals surface area (Å²) in [7, 11) is 0. The van der Waals surface area contributed by atoms with Crippen LogP contribution < -0.4 is 5.43 Å². The molecule has 1 fully saturated rings. The summed E-state index contributed by atoms with van der Waals surface area (Å²) < 4.78 is 16.6. The molecule has 0 atom stereocenters. The molecule has 4 nitrogen and oxygen atoms in total. The zero-order valence-corrected chi connectivity index (χ0v) is 15.2. The molecule has 3 aromatic rings. The highest BCUT2D eigenvalue weighted by Crippen LogP contribution is 2.43. The number of benzene rings is 2. The molecule has 0 radical (unpaired) electrons. The van der Waals surface area contributed by atoms with Crippen LogP contribution in [0.15, 0.2) is 47.4 Å². The van der Waals surface area contributed by atoms with Crippen LogP contribution in [0.1, 0.15) is 44.6 Å². The van der Waals surface area contributed by atoms with Crippen molar-refractivity contribution in [2.45, 2.75) is 44.4 Å². The van der Waals surface area contributed by atoms with Gasteiger partial charge in [0, 0.05) is 23.9 Å². The molecule has 1 heterocycles. The van der Waals surface area contributed by atoms with E-state index in [2.05, 4.69) is 6.92 Å².